The van der Waals surface area contributed by atoms with Crippen LogP contribution in [-0.2, 0) is 4.74 Å². The van der Waals surface area contributed by atoms with Crippen LogP contribution in [0.4, 0.5) is 10.5 Å². The number of hydrogen-bond acceptors (Lipinski definition) is 8. The molecule has 1 saturated heterocycles. The lowest BCUT2D eigenvalue weighted by Crippen LogP contribution is -2.54. The minimum Gasteiger partial charge on any atom is -0.444 e. The first kappa shape index (κ1) is 19.8. The van der Waals surface area contributed by atoms with Gasteiger partial charge < -0.3 is 20.5 Å². The highest BCUT2D eigenvalue weighted by atomic mass is 32.1. The second-order valence-corrected chi connectivity index (χ2v) is 9.06. The summed E-state index contributed by atoms with van der Waals surface area (Å²) in [5, 5.41) is 22.8. The number of carbonyl (C=O) groups excluding carboxylic acids is 1. The third kappa shape index (κ3) is 4.15. The third-order valence-corrected chi connectivity index (χ3v) is 5.76. The molecule has 9 heteroatoms. The summed E-state index contributed by atoms with van der Waals surface area (Å²) in [6, 6.07) is 0. The Morgan fingerprint density at radius 2 is 2.07 bits per heavy atom. The summed E-state index contributed by atoms with van der Waals surface area (Å²) in [7, 11) is 0. The van der Waals surface area contributed by atoms with Gasteiger partial charge in [0.25, 0.3) is 0 Å². The summed E-state index contributed by atoms with van der Waals surface area (Å²) < 4.78 is 5.34. The van der Waals surface area contributed by atoms with Crippen molar-refractivity contribution in [2.24, 2.45) is 5.92 Å². The second-order valence-electron chi connectivity index (χ2n) is 8.03. The Hall–Kier alpha value is -1.97. The van der Waals surface area contributed by atoms with Gasteiger partial charge in [-0.15, -0.1) is 16.4 Å². The summed E-state index contributed by atoms with van der Waals surface area (Å²) in [4.78, 5) is 15.0. The summed E-state index contributed by atoms with van der Waals surface area (Å²) in [6.07, 6.45) is -1.17. The van der Waals surface area contributed by atoms with Crippen molar-refractivity contribution in [2.75, 3.05) is 25.4 Å². The number of carbonyl (C=O) groups is 1. The topological polar surface area (TPSA) is 114 Å². The van der Waals surface area contributed by atoms with Gasteiger partial charge in [0, 0.05) is 30.9 Å². The monoisotopic (exact) mass is 393 g/mol. The minimum atomic E-state index is -0.875. The van der Waals surface area contributed by atoms with E-state index in [0.717, 1.165) is 21.5 Å². The van der Waals surface area contributed by atoms with Gasteiger partial charge in [0.15, 0.2) is 0 Å². The highest BCUT2D eigenvalue weighted by molar-refractivity contribution is 7.19. The maximum absolute atomic E-state index is 12.0. The van der Waals surface area contributed by atoms with Gasteiger partial charge in [0.1, 0.15) is 16.7 Å². The standard InChI is InChI=1S/C18H27N5O3S/c1-9-10(2)21-22-16-12(9)13(19)14(27-16)15(24)20-6-11-7-23(8-11)17(25)26-18(3,4)5/h11,15,20,24H,6-8,19H2,1-5H3. The van der Waals surface area contributed by atoms with Crippen LogP contribution >= 0.6 is 11.3 Å². The second kappa shape index (κ2) is 7.21. The van der Waals surface area contributed by atoms with E-state index in [9.17, 15) is 9.90 Å². The number of fused-ring (bicyclic) bond motifs is 1. The summed E-state index contributed by atoms with van der Waals surface area (Å²) in [6.45, 7) is 11.2. The number of hydrogen-bond donors (Lipinski definition) is 3. The third-order valence-electron chi connectivity index (χ3n) is 4.62. The average Bonchev–Trinajstić information content (AvgIpc) is 2.85. The number of aromatic nitrogens is 2. The zero-order valence-electron chi connectivity index (χ0n) is 16.4. The number of aliphatic hydroxyl groups excluding tert-OH is 1. The number of aryl methyl sites for hydroxylation is 2. The fourth-order valence-corrected chi connectivity index (χ4v) is 4.07. The molecule has 27 heavy (non-hydrogen) atoms. The van der Waals surface area contributed by atoms with Crippen molar-refractivity contribution in [3.05, 3.63) is 16.1 Å². The SMILES string of the molecule is Cc1nnc2sc(C(O)NCC3CN(C(=O)OC(C)(C)C)C3)c(N)c2c1C. The lowest BCUT2D eigenvalue weighted by Gasteiger charge is -2.40. The number of ether oxygens (including phenoxy) is 1. The lowest BCUT2D eigenvalue weighted by atomic mass is 10.0. The Kier molecular flexibility index (Phi) is 5.29. The van der Waals surface area contributed by atoms with Gasteiger partial charge in [-0.05, 0) is 40.2 Å². The van der Waals surface area contributed by atoms with Crippen molar-refractivity contribution in [3.63, 3.8) is 0 Å². The number of likely N-dealkylation sites (tertiary alicyclic amines) is 1. The number of nitrogens with one attached hydrogen (secondary N) is 1. The van der Waals surface area contributed by atoms with Crippen LogP contribution in [0, 0.1) is 19.8 Å². The van der Waals surface area contributed by atoms with Gasteiger partial charge in [-0.2, -0.15) is 5.10 Å². The molecule has 0 bridgehead atoms. The number of nitrogens with two attached hydrogens (primary N) is 1. The van der Waals surface area contributed by atoms with Gasteiger partial charge in [-0.25, -0.2) is 4.79 Å². The van der Waals surface area contributed by atoms with Gasteiger partial charge in [0.05, 0.1) is 16.3 Å². The van der Waals surface area contributed by atoms with Crippen LogP contribution in [-0.4, -0.2) is 51.5 Å². The molecule has 0 aliphatic carbocycles. The Morgan fingerprint density at radius 1 is 1.41 bits per heavy atom. The lowest BCUT2D eigenvalue weighted by molar-refractivity contribution is -0.00294. The molecule has 0 spiro atoms. The minimum absolute atomic E-state index is 0.270. The number of nitrogen functional groups attached to an aromatic ring is 1. The molecule has 2 aromatic rings. The van der Waals surface area contributed by atoms with E-state index >= 15 is 0 Å². The number of aliphatic hydroxyl groups is 1. The molecule has 8 nitrogen and oxygen atoms in total. The van der Waals surface area contributed by atoms with E-state index in [0.29, 0.717) is 30.2 Å². The molecule has 1 aliphatic heterocycles. The van der Waals surface area contributed by atoms with E-state index in [1.807, 2.05) is 34.6 Å². The molecule has 1 unspecified atom stereocenters. The van der Waals surface area contributed by atoms with Crippen molar-refractivity contribution in [1.82, 2.24) is 20.4 Å². The number of thiophene rings is 1. The van der Waals surface area contributed by atoms with Crippen molar-refractivity contribution in [1.29, 1.82) is 0 Å². The van der Waals surface area contributed by atoms with Crippen LogP contribution in [0.5, 0.6) is 0 Å². The normalized spacial score (nSPS) is 16.4. The van der Waals surface area contributed by atoms with E-state index in [1.54, 1.807) is 4.90 Å². The maximum atomic E-state index is 12.0. The Labute approximate surface area is 162 Å². The maximum Gasteiger partial charge on any atom is 0.410 e. The molecule has 1 fully saturated rings. The Morgan fingerprint density at radius 3 is 2.70 bits per heavy atom. The van der Waals surface area contributed by atoms with Crippen LogP contribution in [0.15, 0.2) is 0 Å². The van der Waals surface area contributed by atoms with Gasteiger partial charge in [0.2, 0.25) is 0 Å². The molecule has 3 rings (SSSR count). The Bertz CT molecular complexity index is 855. The smallest absolute Gasteiger partial charge is 0.410 e. The number of nitrogens with zero attached hydrogens (tertiary/aromatic N) is 3. The molecule has 1 amide bonds. The van der Waals surface area contributed by atoms with E-state index in [2.05, 4.69) is 15.5 Å². The van der Waals surface area contributed by atoms with Gasteiger partial charge >= 0.3 is 6.09 Å². The molecule has 1 aliphatic rings. The molecule has 2 aromatic heterocycles. The largest absolute Gasteiger partial charge is 0.444 e. The van der Waals surface area contributed by atoms with Crippen LogP contribution in [0.3, 0.4) is 0 Å². The van der Waals surface area contributed by atoms with E-state index in [4.69, 9.17) is 10.5 Å². The number of amides is 1. The predicted octanol–water partition coefficient (Wildman–Crippen LogP) is 2.34. The highest BCUT2D eigenvalue weighted by Crippen LogP contribution is 2.37. The molecule has 0 saturated carbocycles. The van der Waals surface area contributed by atoms with Gasteiger partial charge in [-0.1, -0.05) is 0 Å². The molecule has 4 N–H and O–H groups in total. The van der Waals surface area contributed by atoms with Crippen LogP contribution < -0.4 is 11.1 Å². The van der Waals surface area contributed by atoms with Crippen molar-refractivity contribution in [2.45, 2.75) is 46.4 Å². The van der Waals surface area contributed by atoms with E-state index < -0.39 is 11.8 Å². The fraction of sp³-hybridized carbons (Fsp3) is 0.611. The first-order valence-corrected chi connectivity index (χ1v) is 9.79. The molecule has 148 valence electrons. The number of rotatable bonds is 4. The summed E-state index contributed by atoms with van der Waals surface area (Å²) in [5.41, 5.74) is 8.13. The highest BCUT2D eigenvalue weighted by Gasteiger charge is 2.34. The summed E-state index contributed by atoms with van der Waals surface area (Å²) >= 11 is 1.35. The van der Waals surface area contributed by atoms with Crippen molar-refractivity contribution in [3.8, 4) is 0 Å². The average molecular weight is 394 g/mol. The number of anilines is 1. The molecule has 0 radical (unpaired) electrons. The van der Waals surface area contributed by atoms with Gasteiger partial charge in [-0.3, -0.25) is 5.32 Å². The molecule has 0 aromatic carbocycles. The molecule has 3 heterocycles. The van der Waals surface area contributed by atoms with Crippen molar-refractivity contribution < 1.29 is 14.6 Å². The molecular weight excluding hydrogens is 366 g/mol. The Balaban J connectivity index is 1.56. The van der Waals surface area contributed by atoms with Crippen molar-refractivity contribution >= 4 is 33.3 Å². The van der Waals surface area contributed by atoms with E-state index in [1.165, 1.54) is 11.3 Å². The predicted molar refractivity (Wildman–Crippen MR) is 106 cm³/mol. The zero-order valence-corrected chi connectivity index (χ0v) is 17.2. The molecular formula is C18H27N5O3S. The first-order valence-electron chi connectivity index (χ1n) is 8.98. The van der Waals surface area contributed by atoms with Crippen LogP contribution in [0.1, 0.15) is 43.1 Å². The summed E-state index contributed by atoms with van der Waals surface area (Å²) in [5.74, 6) is 0.270. The van der Waals surface area contributed by atoms with Crippen LogP contribution in [0.2, 0.25) is 0 Å². The van der Waals surface area contributed by atoms with Crippen LogP contribution in [0.25, 0.3) is 10.2 Å². The van der Waals surface area contributed by atoms with E-state index in [-0.39, 0.29) is 12.0 Å². The first-order chi connectivity index (χ1) is 12.6. The quantitative estimate of drug-likeness (QED) is 0.683. The fourth-order valence-electron chi connectivity index (χ4n) is 3.01. The molecule has 1 atom stereocenters. The zero-order chi connectivity index (χ0) is 19.9.